The number of thioether (sulfide) groups is 1. The third kappa shape index (κ3) is 3.88. The van der Waals surface area contributed by atoms with Crippen molar-refractivity contribution in [3.63, 3.8) is 0 Å². The summed E-state index contributed by atoms with van der Waals surface area (Å²) in [6.45, 7) is -0.185. The molecule has 1 aromatic carbocycles. The zero-order valence-electron chi connectivity index (χ0n) is 7.69. The number of aliphatic hydroxyl groups excluding tert-OH is 2. The van der Waals surface area contributed by atoms with Gasteiger partial charge in [-0.25, -0.2) is 0 Å². The fourth-order valence-electron chi connectivity index (χ4n) is 0.973. The number of aliphatic hydroxyl groups is 2. The van der Waals surface area contributed by atoms with E-state index in [2.05, 4.69) is 0 Å². The highest BCUT2D eigenvalue weighted by atomic mass is 35.5. The molecule has 0 aromatic heterocycles. The number of rotatable bonds is 5. The molecule has 0 aliphatic rings. The van der Waals surface area contributed by atoms with Crippen molar-refractivity contribution >= 4 is 23.4 Å². The Morgan fingerprint density at radius 2 is 2.07 bits per heavy atom. The molecular formula is C10H13ClO2S. The summed E-state index contributed by atoms with van der Waals surface area (Å²) in [5, 5.41) is 18.4. The lowest BCUT2D eigenvalue weighted by Crippen LogP contribution is -2.14. The van der Waals surface area contributed by atoms with Gasteiger partial charge in [-0.15, -0.1) is 0 Å². The molecule has 0 spiro atoms. The van der Waals surface area contributed by atoms with Gasteiger partial charge in [0.25, 0.3) is 0 Å². The summed E-state index contributed by atoms with van der Waals surface area (Å²) in [6, 6.07) is 7.63. The van der Waals surface area contributed by atoms with Crippen molar-refractivity contribution in [3.8, 4) is 0 Å². The van der Waals surface area contributed by atoms with Gasteiger partial charge in [0, 0.05) is 16.5 Å². The van der Waals surface area contributed by atoms with Crippen LogP contribution in [0, 0.1) is 0 Å². The second-order valence-electron chi connectivity index (χ2n) is 2.94. The second kappa shape index (κ2) is 6.30. The van der Waals surface area contributed by atoms with Gasteiger partial charge in [-0.2, -0.15) is 11.8 Å². The van der Waals surface area contributed by atoms with E-state index in [1.165, 1.54) is 0 Å². The molecule has 1 aromatic rings. The van der Waals surface area contributed by atoms with Gasteiger partial charge in [-0.1, -0.05) is 29.8 Å². The maximum atomic E-state index is 9.10. The fourth-order valence-corrected chi connectivity index (χ4v) is 2.22. The monoisotopic (exact) mass is 232 g/mol. The smallest absolute Gasteiger partial charge is 0.0861 e. The molecule has 2 nitrogen and oxygen atoms in total. The second-order valence-corrected chi connectivity index (χ2v) is 4.38. The van der Waals surface area contributed by atoms with Gasteiger partial charge in [-0.05, 0) is 11.6 Å². The van der Waals surface area contributed by atoms with E-state index in [0.29, 0.717) is 5.75 Å². The Labute approximate surface area is 92.9 Å². The maximum absolute atomic E-state index is 9.10. The van der Waals surface area contributed by atoms with Gasteiger partial charge in [0.05, 0.1) is 12.7 Å². The van der Waals surface area contributed by atoms with E-state index in [9.17, 15) is 0 Å². The van der Waals surface area contributed by atoms with Gasteiger partial charge >= 0.3 is 0 Å². The molecule has 1 rings (SSSR count). The van der Waals surface area contributed by atoms with Crippen LogP contribution in [-0.2, 0) is 5.75 Å². The molecule has 0 aliphatic heterocycles. The van der Waals surface area contributed by atoms with Crippen LogP contribution >= 0.6 is 23.4 Å². The summed E-state index contributed by atoms with van der Waals surface area (Å²) < 4.78 is 0. The largest absolute Gasteiger partial charge is 0.394 e. The molecule has 0 heterocycles. The normalized spacial score (nSPS) is 12.8. The molecule has 1 unspecified atom stereocenters. The van der Waals surface area contributed by atoms with Gasteiger partial charge in [0.15, 0.2) is 0 Å². The Bertz CT molecular complexity index is 281. The maximum Gasteiger partial charge on any atom is 0.0861 e. The van der Waals surface area contributed by atoms with Gasteiger partial charge in [0.1, 0.15) is 0 Å². The van der Waals surface area contributed by atoms with Gasteiger partial charge < -0.3 is 10.2 Å². The number of hydrogen-bond acceptors (Lipinski definition) is 3. The minimum Gasteiger partial charge on any atom is -0.394 e. The highest BCUT2D eigenvalue weighted by molar-refractivity contribution is 7.98. The topological polar surface area (TPSA) is 40.5 Å². The Hall–Kier alpha value is -0.220. The first-order valence-corrected chi connectivity index (χ1v) is 5.87. The summed E-state index contributed by atoms with van der Waals surface area (Å²) >= 11 is 7.51. The predicted molar refractivity (Wildman–Crippen MR) is 60.7 cm³/mol. The Kier molecular flexibility index (Phi) is 5.33. The molecule has 78 valence electrons. The lowest BCUT2D eigenvalue weighted by atomic mass is 10.2. The van der Waals surface area contributed by atoms with Gasteiger partial charge in [-0.3, -0.25) is 0 Å². The lowest BCUT2D eigenvalue weighted by molar-refractivity contribution is 0.113. The van der Waals surface area contributed by atoms with E-state index >= 15 is 0 Å². The van der Waals surface area contributed by atoms with E-state index in [4.69, 9.17) is 21.8 Å². The summed E-state index contributed by atoms with van der Waals surface area (Å²) in [6.07, 6.45) is -0.637. The zero-order valence-corrected chi connectivity index (χ0v) is 9.26. The SMILES string of the molecule is OCC(O)CSCc1ccccc1Cl. The Balaban J connectivity index is 2.35. The van der Waals surface area contributed by atoms with Crippen molar-refractivity contribution in [2.75, 3.05) is 12.4 Å². The molecule has 0 bridgehead atoms. The molecule has 0 amide bonds. The van der Waals surface area contributed by atoms with Crippen molar-refractivity contribution in [3.05, 3.63) is 34.9 Å². The standard InChI is InChI=1S/C10H13ClO2S/c11-10-4-2-1-3-8(10)6-14-7-9(13)5-12/h1-4,9,12-13H,5-7H2. The molecule has 14 heavy (non-hydrogen) atoms. The van der Waals surface area contributed by atoms with Gasteiger partial charge in [0.2, 0.25) is 0 Å². The summed E-state index contributed by atoms with van der Waals surface area (Å²) in [5.41, 5.74) is 1.06. The lowest BCUT2D eigenvalue weighted by Gasteiger charge is -2.07. The molecule has 0 radical (unpaired) electrons. The number of halogens is 1. The first-order chi connectivity index (χ1) is 6.74. The van der Waals surface area contributed by atoms with Crippen molar-refractivity contribution < 1.29 is 10.2 Å². The van der Waals surface area contributed by atoms with Crippen LogP contribution in [0.15, 0.2) is 24.3 Å². The van der Waals surface area contributed by atoms with Crippen LogP contribution in [0.25, 0.3) is 0 Å². The summed E-state index contributed by atoms with van der Waals surface area (Å²) in [5.74, 6) is 1.29. The highest BCUT2D eigenvalue weighted by Gasteiger charge is 2.03. The third-order valence-corrected chi connectivity index (χ3v) is 3.24. The summed E-state index contributed by atoms with van der Waals surface area (Å²) in [4.78, 5) is 0. The molecule has 4 heteroatoms. The van der Waals surface area contributed by atoms with E-state index in [1.807, 2.05) is 24.3 Å². The van der Waals surface area contributed by atoms with Crippen molar-refractivity contribution in [2.45, 2.75) is 11.9 Å². The van der Waals surface area contributed by atoms with Crippen molar-refractivity contribution in [1.82, 2.24) is 0 Å². The van der Waals surface area contributed by atoms with Crippen LogP contribution in [-0.4, -0.2) is 28.7 Å². The molecular weight excluding hydrogens is 220 g/mol. The molecule has 0 fully saturated rings. The molecule has 0 saturated carbocycles. The fraction of sp³-hybridized carbons (Fsp3) is 0.400. The first-order valence-electron chi connectivity index (χ1n) is 4.34. The highest BCUT2D eigenvalue weighted by Crippen LogP contribution is 2.20. The van der Waals surface area contributed by atoms with E-state index in [-0.39, 0.29) is 6.61 Å². The molecule has 1 atom stereocenters. The van der Waals surface area contributed by atoms with Crippen LogP contribution < -0.4 is 0 Å². The van der Waals surface area contributed by atoms with Crippen LogP contribution in [0.3, 0.4) is 0 Å². The summed E-state index contributed by atoms with van der Waals surface area (Å²) in [7, 11) is 0. The minimum absolute atomic E-state index is 0.185. The minimum atomic E-state index is -0.637. The predicted octanol–water partition coefficient (Wildman–Crippen LogP) is 1.93. The first kappa shape index (κ1) is 11.9. The van der Waals surface area contributed by atoms with Crippen molar-refractivity contribution in [1.29, 1.82) is 0 Å². The Morgan fingerprint density at radius 1 is 1.36 bits per heavy atom. The molecule has 2 N–H and O–H groups in total. The molecule has 0 saturated heterocycles. The number of benzene rings is 1. The van der Waals surface area contributed by atoms with Crippen LogP contribution in [0.1, 0.15) is 5.56 Å². The van der Waals surface area contributed by atoms with Crippen LogP contribution in [0.2, 0.25) is 5.02 Å². The average molecular weight is 233 g/mol. The quantitative estimate of drug-likeness (QED) is 0.815. The van der Waals surface area contributed by atoms with E-state index in [1.54, 1.807) is 11.8 Å². The number of hydrogen-bond donors (Lipinski definition) is 2. The zero-order chi connectivity index (χ0) is 10.4. The van der Waals surface area contributed by atoms with E-state index in [0.717, 1.165) is 16.3 Å². The van der Waals surface area contributed by atoms with Crippen molar-refractivity contribution in [2.24, 2.45) is 0 Å². The van der Waals surface area contributed by atoms with E-state index < -0.39 is 6.10 Å². The average Bonchev–Trinajstić information content (AvgIpc) is 2.20. The van der Waals surface area contributed by atoms with Crippen LogP contribution in [0.4, 0.5) is 0 Å². The van der Waals surface area contributed by atoms with Crippen LogP contribution in [0.5, 0.6) is 0 Å². The third-order valence-electron chi connectivity index (χ3n) is 1.74. The Morgan fingerprint density at radius 3 is 2.71 bits per heavy atom. The molecule has 0 aliphatic carbocycles.